The van der Waals surface area contributed by atoms with Gasteiger partial charge in [0.05, 0.1) is 0 Å². The second-order valence-electron chi connectivity index (χ2n) is 6.58. The predicted octanol–water partition coefficient (Wildman–Crippen LogP) is 7.57. The summed E-state index contributed by atoms with van der Waals surface area (Å²) >= 11 is 0. The van der Waals surface area contributed by atoms with Crippen molar-refractivity contribution in [3.63, 3.8) is 0 Å². The van der Waals surface area contributed by atoms with Gasteiger partial charge in [0.25, 0.3) is 0 Å². The van der Waals surface area contributed by atoms with E-state index in [1.54, 1.807) is 0 Å². The van der Waals surface area contributed by atoms with Crippen molar-refractivity contribution >= 4 is 0 Å². The molecule has 0 heteroatoms. The van der Waals surface area contributed by atoms with Crippen LogP contribution < -0.4 is 0 Å². The second-order valence-corrected chi connectivity index (χ2v) is 6.58. The van der Waals surface area contributed by atoms with Crippen molar-refractivity contribution in [1.29, 1.82) is 0 Å². The predicted molar refractivity (Wildman–Crippen MR) is 94.0 cm³/mol. The average molecular weight is 282 g/mol. The van der Waals surface area contributed by atoms with E-state index in [2.05, 4.69) is 34.1 Å². The molecular weight excluding hydrogens is 240 g/mol. The number of unbranched alkanes of at least 4 members (excludes halogenated alkanes) is 7. The Morgan fingerprint density at radius 2 is 0.950 bits per heavy atom. The molecule has 2 unspecified atom stereocenters. The third-order valence-corrected chi connectivity index (χ3v) is 4.70. The fraction of sp³-hybridized carbons (Fsp3) is 0.950. The lowest BCUT2D eigenvalue weighted by molar-refractivity contribution is 0.400. The maximum Gasteiger partial charge on any atom is -0.0324 e. The number of hydrogen-bond acceptors (Lipinski definition) is 0. The van der Waals surface area contributed by atoms with E-state index in [9.17, 15) is 0 Å². The quantitative estimate of drug-likeness (QED) is 0.271. The summed E-state index contributed by atoms with van der Waals surface area (Å²) in [4.78, 5) is 0. The van der Waals surface area contributed by atoms with Crippen LogP contribution in [0.3, 0.4) is 0 Å². The topological polar surface area (TPSA) is 0 Å². The van der Waals surface area contributed by atoms with Gasteiger partial charge in [0, 0.05) is 0 Å². The minimum atomic E-state index is 0.881. The molecule has 0 saturated carbocycles. The molecule has 0 fully saturated rings. The largest absolute Gasteiger partial charge is 0.0654 e. The van der Waals surface area contributed by atoms with Gasteiger partial charge in [0.1, 0.15) is 0 Å². The molecule has 0 amide bonds. The van der Waals surface area contributed by atoms with Gasteiger partial charge < -0.3 is 0 Å². The van der Waals surface area contributed by atoms with E-state index in [-0.39, 0.29) is 0 Å². The maximum absolute atomic E-state index is 2.71. The highest BCUT2D eigenvalue weighted by molar-refractivity contribution is 4.82. The van der Waals surface area contributed by atoms with Crippen LogP contribution >= 0.6 is 0 Å². The Balaban J connectivity index is 3.70. The van der Waals surface area contributed by atoms with E-state index in [4.69, 9.17) is 0 Å². The molecule has 0 bridgehead atoms. The van der Waals surface area contributed by atoms with E-state index in [0.717, 1.165) is 11.8 Å². The third kappa shape index (κ3) is 11.8. The Kier molecular flexibility index (Phi) is 15.4. The molecule has 0 aliphatic heterocycles. The first kappa shape index (κ1) is 20.0. The maximum atomic E-state index is 2.71. The molecule has 1 radical (unpaired) electrons. The minimum Gasteiger partial charge on any atom is -0.0654 e. The molecule has 0 heterocycles. The standard InChI is InChI=1S/C20H41/c1-5-9-11-12-13-15-17-20(8-4)18-19(7-3)16-14-10-6-2/h18-20H,5-17H2,1-4H3. The van der Waals surface area contributed by atoms with Crippen LogP contribution in [0.15, 0.2) is 0 Å². The fourth-order valence-electron chi connectivity index (χ4n) is 3.10. The highest BCUT2D eigenvalue weighted by Crippen LogP contribution is 2.26. The lowest BCUT2D eigenvalue weighted by Crippen LogP contribution is -2.09. The monoisotopic (exact) mass is 281 g/mol. The Labute approximate surface area is 130 Å². The first-order valence-corrected chi connectivity index (χ1v) is 9.63. The number of hydrogen-bond donors (Lipinski definition) is 0. The van der Waals surface area contributed by atoms with Crippen molar-refractivity contribution in [2.24, 2.45) is 11.8 Å². The smallest absolute Gasteiger partial charge is 0.0324 e. The SMILES string of the molecule is CCCCCCCCC([CH]C(CC)CCCCC)CC. The Morgan fingerprint density at radius 1 is 0.550 bits per heavy atom. The van der Waals surface area contributed by atoms with Crippen molar-refractivity contribution < 1.29 is 0 Å². The third-order valence-electron chi connectivity index (χ3n) is 4.70. The normalized spacial score (nSPS) is 14.4. The lowest BCUT2D eigenvalue weighted by Gasteiger charge is -2.21. The van der Waals surface area contributed by atoms with E-state index in [1.165, 1.54) is 83.5 Å². The van der Waals surface area contributed by atoms with Gasteiger partial charge in [-0.25, -0.2) is 0 Å². The summed E-state index contributed by atoms with van der Waals surface area (Å²) in [5, 5.41) is 0. The van der Waals surface area contributed by atoms with Crippen LogP contribution in [0.5, 0.6) is 0 Å². The Bertz CT molecular complexity index is 173. The van der Waals surface area contributed by atoms with Gasteiger partial charge in [0.15, 0.2) is 0 Å². The highest BCUT2D eigenvalue weighted by Gasteiger charge is 2.13. The molecule has 0 spiro atoms. The molecule has 0 rings (SSSR count). The molecule has 0 aliphatic rings. The van der Waals surface area contributed by atoms with Gasteiger partial charge in [0.2, 0.25) is 0 Å². The average Bonchev–Trinajstić information content (AvgIpc) is 2.48. The summed E-state index contributed by atoms with van der Waals surface area (Å²) in [6.45, 7) is 9.34. The summed E-state index contributed by atoms with van der Waals surface area (Å²) in [6, 6.07) is 0. The van der Waals surface area contributed by atoms with Gasteiger partial charge in [-0.2, -0.15) is 0 Å². The number of rotatable bonds is 15. The van der Waals surface area contributed by atoms with E-state index in [1.807, 2.05) is 0 Å². The summed E-state index contributed by atoms with van der Waals surface area (Å²) < 4.78 is 0. The molecule has 0 nitrogen and oxygen atoms in total. The van der Waals surface area contributed by atoms with Crippen LogP contribution in [0.2, 0.25) is 0 Å². The second kappa shape index (κ2) is 15.4. The van der Waals surface area contributed by atoms with Gasteiger partial charge >= 0.3 is 0 Å². The molecule has 121 valence electrons. The molecule has 0 saturated heterocycles. The summed E-state index contributed by atoms with van der Waals surface area (Å²) in [5.41, 5.74) is 0. The van der Waals surface area contributed by atoms with Gasteiger partial charge in [-0.1, -0.05) is 111 Å². The van der Waals surface area contributed by atoms with Crippen LogP contribution in [-0.2, 0) is 0 Å². The molecular formula is C20H41. The van der Waals surface area contributed by atoms with E-state index in [0.29, 0.717) is 0 Å². The van der Waals surface area contributed by atoms with Crippen molar-refractivity contribution in [1.82, 2.24) is 0 Å². The minimum absolute atomic E-state index is 0.881. The van der Waals surface area contributed by atoms with Crippen LogP contribution in [0, 0.1) is 18.3 Å². The molecule has 20 heavy (non-hydrogen) atoms. The zero-order valence-corrected chi connectivity index (χ0v) is 14.9. The molecule has 0 aromatic carbocycles. The van der Waals surface area contributed by atoms with Crippen LogP contribution in [0.4, 0.5) is 0 Å². The van der Waals surface area contributed by atoms with Crippen molar-refractivity contribution in [3.05, 3.63) is 6.42 Å². The molecule has 0 aromatic heterocycles. The van der Waals surface area contributed by atoms with Crippen molar-refractivity contribution in [3.8, 4) is 0 Å². The Morgan fingerprint density at radius 3 is 1.45 bits per heavy atom. The van der Waals surface area contributed by atoms with Gasteiger partial charge in [-0.3, -0.25) is 0 Å². The molecule has 2 atom stereocenters. The Hall–Kier alpha value is 0. The fourth-order valence-corrected chi connectivity index (χ4v) is 3.10. The zero-order valence-electron chi connectivity index (χ0n) is 14.9. The van der Waals surface area contributed by atoms with Crippen LogP contribution in [0.1, 0.15) is 111 Å². The van der Waals surface area contributed by atoms with E-state index >= 15 is 0 Å². The first-order valence-electron chi connectivity index (χ1n) is 9.63. The summed E-state index contributed by atoms with van der Waals surface area (Å²) in [5.74, 6) is 1.76. The van der Waals surface area contributed by atoms with E-state index < -0.39 is 0 Å². The van der Waals surface area contributed by atoms with Gasteiger partial charge in [-0.05, 0) is 18.3 Å². The van der Waals surface area contributed by atoms with Gasteiger partial charge in [-0.15, -0.1) is 0 Å². The van der Waals surface area contributed by atoms with Crippen molar-refractivity contribution in [2.75, 3.05) is 0 Å². The first-order chi connectivity index (χ1) is 9.78. The summed E-state index contributed by atoms with van der Waals surface area (Å²) in [6.07, 6.45) is 21.1. The highest BCUT2D eigenvalue weighted by atomic mass is 14.2. The van der Waals surface area contributed by atoms with Crippen molar-refractivity contribution in [2.45, 2.75) is 111 Å². The molecule has 0 aliphatic carbocycles. The molecule has 0 N–H and O–H groups in total. The zero-order chi connectivity index (χ0) is 15.1. The lowest BCUT2D eigenvalue weighted by atomic mass is 9.84. The van der Waals surface area contributed by atoms with Crippen LogP contribution in [-0.4, -0.2) is 0 Å². The van der Waals surface area contributed by atoms with Crippen LogP contribution in [0.25, 0.3) is 0 Å². The molecule has 0 aromatic rings. The summed E-state index contributed by atoms with van der Waals surface area (Å²) in [7, 11) is 0.